The van der Waals surface area contributed by atoms with Crippen molar-refractivity contribution < 1.29 is 23.1 Å². The molecule has 2 aromatic heterocycles. The zero-order chi connectivity index (χ0) is 28.4. The van der Waals surface area contributed by atoms with Crippen LogP contribution in [-0.4, -0.2) is 25.8 Å². The number of rotatable bonds is 7. The Labute approximate surface area is 243 Å². The summed E-state index contributed by atoms with van der Waals surface area (Å²) in [7, 11) is 0. The second kappa shape index (κ2) is 12.3. The van der Waals surface area contributed by atoms with Crippen molar-refractivity contribution in [3.8, 4) is 5.75 Å². The zero-order valence-corrected chi connectivity index (χ0v) is 23.6. The molecule has 0 fully saturated rings. The summed E-state index contributed by atoms with van der Waals surface area (Å²) < 4.78 is 40.4. The molecule has 1 atom stereocenters. The van der Waals surface area contributed by atoms with E-state index in [-0.39, 0.29) is 36.5 Å². The van der Waals surface area contributed by atoms with Crippen molar-refractivity contribution in [2.75, 3.05) is 4.90 Å². The molecule has 10 heteroatoms. The number of aromatic hydroxyl groups is 1. The van der Waals surface area contributed by atoms with Crippen LogP contribution in [-0.2, 0) is 30.5 Å². The number of aromatic nitrogens is 3. The third-order valence-electron chi connectivity index (χ3n) is 7.37. The van der Waals surface area contributed by atoms with Crippen LogP contribution in [0.1, 0.15) is 72.0 Å². The third-order valence-corrected chi connectivity index (χ3v) is 7.37. The molecule has 0 saturated carbocycles. The first-order chi connectivity index (χ1) is 19.1. The molecule has 0 saturated heterocycles. The number of hydrogen-bond donors (Lipinski definition) is 1. The van der Waals surface area contributed by atoms with Gasteiger partial charge in [0.15, 0.2) is 0 Å². The van der Waals surface area contributed by atoms with Crippen molar-refractivity contribution in [3.05, 3.63) is 107 Å². The molecule has 2 heterocycles. The molecule has 1 aliphatic rings. The van der Waals surface area contributed by atoms with Crippen molar-refractivity contribution >= 4 is 24.0 Å². The first-order valence-corrected chi connectivity index (χ1v) is 13.4. The maximum Gasteiger partial charge on any atom is 0.416 e. The van der Waals surface area contributed by atoms with Gasteiger partial charge in [0.05, 0.1) is 42.7 Å². The van der Waals surface area contributed by atoms with Gasteiger partial charge in [-0.15, -0.1) is 12.4 Å². The van der Waals surface area contributed by atoms with Crippen LogP contribution in [0, 0.1) is 0 Å². The molecule has 1 unspecified atom stereocenters. The van der Waals surface area contributed by atoms with E-state index in [0.717, 1.165) is 47.4 Å². The number of phenolic OH excluding ortho intramolecular Hbond substituents is 1. The third kappa shape index (κ3) is 6.73. The Bertz CT molecular complexity index is 1480. The summed E-state index contributed by atoms with van der Waals surface area (Å²) in [6.07, 6.45) is 3.00. The van der Waals surface area contributed by atoms with Gasteiger partial charge in [-0.2, -0.15) is 18.3 Å². The van der Waals surface area contributed by atoms with Gasteiger partial charge in [0.1, 0.15) is 5.75 Å². The number of carbonyl (C=O) groups is 1. The first kappa shape index (κ1) is 30.1. The minimum Gasteiger partial charge on any atom is -0.508 e. The van der Waals surface area contributed by atoms with Gasteiger partial charge in [-0.1, -0.05) is 38.1 Å². The predicted octanol–water partition coefficient (Wildman–Crippen LogP) is 7.25. The fraction of sp³-hybridized carbons (Fsp3) is 0.323. The average molecular weight is 585 g/mol. The smallest absolute Gasteiger partial charge is 0.416 e. The van der Waals surface area contributed by atoms with E-state index in [9.17, 15) is 23.1 Å². The van der Waals surface area contributed by atoms with E-state index in [1.54, 1.807) is 40.3 Å². The number of halogens is 4. The summed E-state index contributed by atoms with van der Waals surface area (Å²) in [5.74, 6) is -0.0205. The maximum atomic E-state index is 14.1. The van der Waals surface area contributed by atoms with Crippen molar-refractivity contribution in [1.29, 1.82) is 0 Å². The van der Waals surface area contributed by atoms with Crippen molar-refractivity contribution in [1.82, 2.24) is 14.8 Å². The van der Waals surface area contributed by atoms with Gasteiger partial charge in [-0.05, 0) is 72.2 Å². The summed E-state index contributed by atoms with van der Waals surface area (Å²) >= 11 is 0. The molecule has 6 nitrogen and oxygen atoms in total. The number of nitrogens with zero attached hydrogens (tertiary/aromatic N) is 4. The minimum absolute atomic E-state index is 0. The highest BCUT2D eigenvalue weighted by molar-refractivity contribution is 5.98. The topological polar surface area (TPSA) is 71.2 Å². The van der Waals surface area contributed by atoms with E-state index < -0.39 is 17.7 Å². The highest BCUT2D eigenvalue weighted by Gasteiger charge is 2.32. The van der Waals surface area contributed by atoms with Gasteiger partial charge < -0.3 is 10.0 Å². The number of fused-ring (bicyclic) bond motifs is 1. The van der Waals surface area contributed by atoms with Crippen LogP contribution >= 0.6 is 12.4 Å². The van der Waals surface area contributed by atoms with Crippen molar-refractivity contribution in [2.24, 2.45) is 0 Å². The van der Waals surface area contributed by atoms with Crippen molar-refractivity contribution in [2.45, 2.75) is 64.2 Å². The summed E-state index contributed by atoms with van der Waals surface area (Å²) in [6, 6.07) is 14.2. The van der Waals surface area contributed by atoms with Gasteiger partial charge in [-0.3, -0.25) is 14.5 Å². The molecule has 0 bridgehead atoms. The number of hydrogen-bond acceptors (Lipinski definition) is 4. The molecule has 0 spiro atoms. The normalized spacial score (nSPS) is 14.8. The molecule has 0 aliphatic heterocycles. The number of anilines is 1. The molecular formula is C31H32ClF3N4O2. The van der Waals surface area contributed by atoms with E-state index in [0.29, 0.717) is 24.2 Å². The fourth-order valence-electron chi connectivity index (χ4n) is 5.21. The molecule has 1 N–H and O–H groups in total. The molecule has 0 radical (unpaired) electrons. The number of amides is 1. The molecule has 2 aromatic carbocycles. The van der Waals surface area contributed by atoms with Crippen LogP contribution in [0.25, 0.3) is 0 Å². The molecule has 1 aliphatic carbocycles. The Hall–Kier alpha value is -3.85. The van der Waals surface area contributed by atoms with E-state index in [4.69, 9.17) is 0 Å². The summed E-state index contributed by atoms with van der Waals surface area (Å²) in [5.41, 5.74) is 4.03. The zero-order valence-electron chi connectivity index (χ0n) is 22.8. The average Bonchev–Trinajstić information content (AvgIpc) is 3.38. The van der Waals surface area contributed by atoms with Gasteiger partial charge in [-0.25, -0.2) is 0 Å². The Kier molecular flexibility index (Phi) is 9.07. The van der Waals surface area contributed by atoms with Crippen LogP contribution in [0.3, 0.4) is 0 Å². The molecular weight excluding hydrogens is 553 g/mol. The van der Waals surface area contributed by atoms with Crippen LogP contribution in [0.15, 0.2) is 73.2 Å². The van der Waals surface area contributed by atoms with Gasteiger partial charge in [0.25, 0.3) is 0 Å². The minimum atomic E-state index is -4.38. The van der Waals surface area contributed by atoms with Gasteiger partial charge >= 0.3 is 6.18 Å². The van der Waals surface area contributed by atoms with Crippen molar-refractivity contribution in [3.63, 3.8) is 0 Å². The number of carbonyl (C=O) groups excluding carboxylic acids is 1. The summed E-state index contributed by atoms with van der Waals surface area (Å²) in [5, 5.41) is 14.8. The second-order valence-corrected chi connectivity index (χ2v) is 10.6. The Morgan fingerprint density at radius 1 is 1.07 bits per heavy atom. The predicted molar refractivity (Wildman–Crippen MR) is 153 cm³/mol. The van der Waals surface area contributed by atoms with Crippen LogP contribution < -0.4 is 4.90 Å². The molecule has 41 heavy (non-hydrogen) atoms. The lowest BCUT2D eigenvalue weighted by Gasteiger charge is -2.31. The van der Waals surface area contributed by atoms with E-state index in [2.05, 4.69) is 23.9 Å². The maximum absolute atomic E-state index is 14.1. The molecule has 4 aromatic rings. The quantitative estimate of drug-likeness (QED) is 0.248. The van der Waals surface area contributed by atoms with E-state index >= 15 is 0 Å². The Morgan fingerprint density at radius 3 is 2.49 bits per heavy atom. The van der Waals surface area contributed by atoms with Gasteiger partial charge in [0, 0.05) is 17.5 Å². The number of benzene rings is 2. The second-order valence-electron chi connectivity index (χ2n) is 10.6. The fourth-order valence-corrected chi connectivity index (χ4v) is 5.21. The summed E-state index contributed by atoms with van der Waals surface area (Å²) in [6.45, 7) is 4.66. The largest absolute Gasteiger partial charge is 0.508 e. The highest BCUT2D eigenvalue weighted by Crippen LogP contribution is 2.38. The van der Waals surface area contributed by atoms with E-state index in [1.807, 2.05) is 18.2 Å². The lowest BCUT2D eigenvalue weighted by atomic mass is 9.81. The monoisotopic (exact) mass is 584 g/mol. The molecule has 5 rings (SSSR count). The molecule has 1 amide bonds. The number of phenols is 1. The highest BCUT2D eigenvalue weighted by atomic mass is 35.5. The first-order valence-electron chi connectivity index (χ1n) is 13.4. The van der Waals surface area contributed by atoms with E-state index in [1.165, 1.54) is 12.1 Å². The Morgan fingerprint density at radius 2 is 1.83 bits per heavy atom. The molecule has 216 valence electrons. The SMILES string of the molecule is CC(C)c1ccc(N(Cc2cnn(Cc3ccc(C(F)(F)F)cc3)c2)C(=O)C2CCCc3c(O)cccc32)cn1.Cl. The lowest BCUT2D eigenvalue weighted by Crippen LogP contribution is -2.36. The van der Waals surface area contributed by atoms with Crippen LogP contribution in [0.2, 0.25) is 0 Å². The lowest BCUT2D eigenvalue weighted by molar-refractivity contribution is -0.137. The Balaban J connectivity index is 0.00000387. The van der Waals surface area contributed by atoms with Crippen LogP contribution in [0.4, 0.5) is 18.9 Å². The standard InChI is InChI=1S/C31H31F3N4O2.ClH/c1-20(2)28-14-13-24(16-35-28)38(30(40)27-7-3-6-26-25(27)5-4-8-29(26)39)19-22-15-36-37(18-22)17-21-9-11-23(12-10-21)31(32,33)34;/h4-5,8-16,18,20,27,39H,3,6-7,17,19H2,1-2H3;1H. The van der Waals surface area contributed by atoms with Crippen LogP contribution in [0.5, 0.6) is 5.75 Å². The number of pyridine rings is 1. The van der Waals surface area contributed by atoms with Gasteiger partial charge in [0.2, 0.25) is 5.91 Å². The number of alkyl halides is 3. The summed E-state index contributed by atoms with van der Waals surface area (Å²) in [4.78, 5) is 20.4.